The van der Waals surface area contributed by atoms with Gasteiger partial charge in [0.25, 0.3) is 0 Å². The third-order valence-corrected chi connectivity index (χ3v) is 1.86. The second kappa shape index (κ2) is 4.98. The number of ether oxygens (including phenoxy) is 1. The molecule has 1 atom stereocenters. The van der Waals surface area contributed by atoms with Gasteiger partial charge in [-0.2, -0.15) is 0 Å². The molecule has 3 nitrogen and oxygen atoms in total. The molecule has 78 valence electrons. The molecule has 0 spiro atoms. The topological polar surface area (TPSA) is 55.5 Å². The van der Waals surface area contributed by atoms with Crippen molar-refractivity contribution >= 4 is 0 Å². The maximum atomic E-state index is 9.44. The molecule has 0 bridgehead atoms. The van der Waals surface area contributed by atoms with Crippen molar-refractivity contribution in [1.82, 2.24) is 0 Å². The molecule has 0 aromatic heterocycles. The number of hydrogen-bond donors (Lipinski definition) is 2. The number of aliphatic hydroxyl groups is 1. The molecule has 0 aliphatic rings. The molecule has 0 saturated heterocycles. The largest absolute Gasteiger partial charge is 0.491 e. The van der Waals surface area contributed by atoms with Crippen LogP contribution < -0.4 is 10.5 Å². The Hall–Kier alpha value is -1.06. The number of aliphatic hydroxyl groups excluding tert-OH is 1. The molecule has 1 rings (SSSR count). The van der Waals surface area contributed by atoms with Crippen molar-refractivity contribution in [2.45, 2.75) is 26.1 Å². The van der Waals surface area contributed by atoms with E-state index in [-0.39, 0.29) is 12.6 Å². The summed E-state index contributed by atoms with van der Waals surface area (Å²) in [5.41, 5.74) is 6.16. The van der Waals surface area contributed by atoms with Gasteiger partial charge in [-0.15, -0.1) is 0 Å². The van der Waals surface area contributed by atoms with Gasteiger partial charge in [-0.1, -0.05) is 12.1 Å². The van der Waals surface area contributed by atoms with Gasteiger partial charge in [-0.05, 0) is 31.5 Å². The third-order valence-electron chi connectivity index (χ3n) is 1.86. The average Bonchev–Trinajstić information content (AvgIpc) is 2.17. The summed E-state index contributed by atoms with van der Waals surface area (Å²) in [6.07, 6.45) is -0.414. The fourth-order valence-corrected chi connectivity index (χ4v) is 1.18. The molecule has 0 radical (unpaired) electrons. The van der Waals surface area contributed by atoms with Crippen LogP contribution in [0.3, 0.4) is 0 Å². The van der Waals surface area contributed by atoms with Crippen LogP contribution in [0.2, 0.25) is 0 Å². The minimum absolute atomic E-state index is 0.167. The lowest BCUT2D eigenvalue weighted by Crippen LogP contribution is -2.11. The van der Waals surface area contributed by atoms with Gasteiger partial charge < -0.3 is 15.6 Å². The van der Waals surface area contributed by atoms with Crippen molar-refractivity contribution in [3.63, 3.8) is 0 Å². The molecule has 1 aromatic rings. The van der Waals surface area contributed by atoms with Gasteiger partial charge in [0.2, 0.25) is 0 Å². The van der Waals surface area contributed by atoms with Crippen LogP contribution in [0.15, 0.2) is 24.3 Å². The van der Waals surface area contributed by atoms with Gasteiger partial charge in [-0.25, -0.2) is 0 Å². The Labute approximate surface area is 84.5 Å². The minimum atomic E-state index is -0.580. The molecule has 0 amide bonds. The highest BCUT2D eigenvalue weighted by atomic mass is 16.5. The highest BCUT2D eigenvalue weighted by molar-refractivity contribution is 5.28. The van der Waals surface area contributed by atoms with E-state index in [9.17, 15) is 5.11 Å². The second-order valence-corrected chi connectivity index (χ2v) is 3.49. The van der Waals surface area contributed by atoms with E-state index in [2.05, 4.69) is 0 Å². The monoisotopic (exact) mass is 195 g/mol. The zero-order valence-corrected chi connectivity index (χ0v) is 8.60. The van der Waals surface area contributed by atoms with Crippen molar-refractivity contribution in [3.05, 3.63) is 29.8 Å². The first-order valence-corrected chi connectivity index (χ1v) is 4.78. The van der Waals surface area contributed by atoms with Crippen molar-refractivity contribution < 1.29 is 9.84 Å². The summed E-state index contributed by atoms with van der Waals surface area (Å²) < 4.78 is 5.47. The lowest BCUT2D eigenvalue weighted by atomic mass is 10.1. The fraction of sp³-hybridized carbons (Fsp3) is 0.455. The first kappa shape index (κ1) is 11.0. The zero-order chi connectivity index (χ0) is 10.6. The molecule has 3 heteroatoms. The normalized spacial score (nSPS) is 12.9. The Morgan fingerprint density at radius 2 is 1.86 bits per heavy atom. The van der Waals surface area contributed by atoms with Gasteiger partial charge in [0.1, 0.15) is 5.75 Å². The Morgan fingerprint density at radius 1 is 1.29 bits per heavy atom. The third kappa shape index (κ3) is 3.01. The standard InChI is InChI=1S/C11H17NO2/c1-8(2)14-10-5-3-9(4-6-10)11(13)7-12/h3-6,8,11,13H,7,12H2,1-2H3/t11-/m1/s1. The number of benzene rings is 1. The van der Waals surface area contributed by atoms with Gasteiger partial charge in [0.15, 0.2) is 0 Å². The fourth-order valence-electron chi connectivity index (χ4n) is 1.18. The summed E-state index contributed by atoms with van der Waals surface area (Å²) in [6.45, 7) is 4.19. The van der Waals surface area contributed by atoms with Crippen LogP contribution in [0.5, 0.6) is 5.75 Å². The van der Waals surface area contributed by atoms with E-state index in [1.54, 1.807) is 0 Å². The molecule has 0 fully saturated rings. The number of hydrogen-bond acceptors (Lipinski definition) is 3. The molecular formula is C11H17NO2. The lowest BCUT2D eigenvalue weighted by molar-refractivity contribution is 0.186. The summed E-state index contributed by atoms with van der Waals surface area (Å²) in [6, 6.07) is 7.34. The van der Waals surface area contributed by atoms with E-state index in [4.69, 9.17) is 10.5 Å². The summed E-state index contributed by atoms with van der Waals surface area (Å²) >= 11 is 0. The summed E-state index contributed by atoms with van der Waals surface area (Å²) in [4.78, 5) is 0. The van der Waals surface area contributed by atoms with Gasteiger partial charge >= 0.3 is 0 Å². The van der Waals surface area contributed by atoms with Gasteiger partial charge in [0, 0.05) is 6.54 Å². The van der Waals surface area contributed by atoms with E-state index in [0.717, 1.165) is 11.3 Å². The predicted molar refractivity (Wildman–Crippen MR) is 56.2 cm³/mol. The molecule has 0 aliphatic carbocycles. The number of rotatable bonds is 4. The molecule has 14 heavy (non-hydrogen) atoms. The lowest BCUT2D eigenvalue weighted by Gasteiger charge is -2.11. The van der Waals surface area contributed by atoms with E-state index in [1.165, 1.54) is 0 Å². The smallest absolute Gasteiger partial charge is 0.119 e. The summed E-state index contributed by atoms with van der Waals surface area (Å²) in [5.74, 6) is 0.813. The highest BCUT2D eigenvalue weighted by Gasteiger charge is 2.04. The van der Waals surface area contributed by atoms with Gasteiger partial charge in [-0.3, -0.25) is 0 Å². The first-order valence-electron chi connectivity index (χ1n) is 4.78. The average molecular weight is 195 g/mol. The van der Waals surface area contributed by atoms with Crippen LogP contribution in [-0.4, -0.2) is 17.8 Å². The van der Waals surface area contributed by atoms with Crippen LogP contribution in [0.25, 0.3) is 0 Å². The molecule has 3 N–H and O–H groups in total. The zero-order valence-electron chi connectivity index (χ0n) is 8.60. The Bertz CT molecular complexity index is 269. The van der Waals surface area contributed by atoms with Crippen LogP contribution in [0.4, 0.5) is 0 Å². The van der Waals surface area contributed by atoms with Crippen molar-refractivity contribution in [2.24, 2.45) is 5.73 Å². The van der Waals surface area contributed by atoms with E-state index >= 15 is 0 Å². The van der Waals surface area contributed by atoms with Crippen molar-refractivity contribution in [3.8, 4) is 5.75 Å². The predicted octanol–water partition coefficient (Wildman–Crippen LogP) is 1.47. The highest BCUT2D eigenvalue weighted by Crippen LogP contribution is 2.17. The van der Waals surface area contributed by atoms with E-state index in [1.807, 2.05) is 38.1 Å². The minimum Gasteiger partial charge on any atom is -0.491 e. The van der Waals surface area contributed by atoms with Crippen LogP contribution in [0, 0.1) is 0 Å². The Morgan fingerprint density at radius 3 is 2.29 bits per heavy atom. The number of nitrogens with two attached hydrogens (primary N) is 1. The van der Waals surface area contributed by atoms with Gasteiger partial charge in [0.05, 0.1) is 12.2 Å². The Kier molecular flexibility index (Phi) is 3.92. The molecule has 0 heterocycles. The van der Waals surface area contributed by atoms with Crippen molar-refractivity contribution in [1.29, 1.82) is 0 Å². The molecule has 0 aliphatic heterocycles. The SMILES string of the molecule is CC(C)Oc1ccc([C@H](O)CN)cc1. The molecular weight excluding hydrogens is 178 g/mol. The maximum Gasteiger partial charge on any atom is 0.119 e. The van der Waals surface area contributed by atoms with E-state index < -0.39 is 6.10 Å². The Balaban J connectivity index is 2.68. The molecule has 0 saturated carbocycles. The summed E-state index contributed by atoms with van der Waals surface area (Å²) in [5, 5.41) is 9.44. The van der Waals surface area contributed by atoms with Crippen molar-refractivity contribution in [2.75, 3.05) is 6.54 Å². The van der Waals surface area contributed by atoms with Crippen LogP contribution >= 0.6 is 0 Å². The summed E-state index contributed by atoms with van der Waals surface area (Å²) in [7, 11) is 0. The van der Waals surface area contributed by atoms with Crippen LogP contribution in [-0.2, 0) is 0 Å². The maximum absolute atomic E-state index is 9.44. The quantitative estimate of drug-likeness (QED) is 0.764. The second-order valence-electron chi connectivity index (χ2n) is 3.49. The molecule has 0 unspecified atom stereocenters. The first-order chi connectivity index (χ1) is 6.63. The van der Waals surface area contributed by atoms with E-state index in [0.29, 0.717) is 0 Å². The van der Waals surface area contributed by atoms with Crippen LogP contribution in [0.1, 0.15) is 25.5 Å². The molecule has 1 aromatic carbocycles.